The van der Waals surface area contributed by atoms with E-state index in [2.05, 4.69) is 10.3 Å². The second kappa shape index (κ2) is 8.98. The molecule has 0 radical (unpaired) electrons. The Bertz CT molecular complexity index is 689. The fraction of sp³-hybridized carbons (Fsp3) is 0.444. The normalized spacial score (nSPS) is 12.9. The molecule has 0 saturated heterocycles. The molecule has 1 unspecified atom stereocenters. The summed E-state index contributed by atoms with van der Waals surface area (Å²) in [7, 11) is 0. The molecule has 8 heteroatoms. The molecule has 0 bridgehead atoms. The topological polar surface area (TPSA) is 115 Å². The highest BCUT2D eigenvalue weighted by atomic mass is 16.6. The molecule has 1 amide bonds. The number of nitrogens with zero attached hydrogens (tertiary/aromatic N) is 1. The third kappa shape index (κ3) is 7.33. The fourth-order valence-electron chi connectivity index (χ4n) is 1.68. The number of aliphatic carboxylic acids is 1. The molecule has 0 fully saturated rings. The van der Waals surface area contributed by atoms with Gasteiger partial charge in [-0.2, -0.15) is 0 Å². The highest BCUT2D eigenvalue weighted by molar-refractivity contribution is 6.17. The zero-order valence-electron chi connectivity index (χ0n) is 15.5. The van der Waals surface area contributed by atoms with Crippen LogP contribution in [0.15, 0.2) is 23.9 Å². The summed E-state index contributed by atoms with van der Waals surface area (Å²) < 4.78 is 10.1. The molecule has 2 N–H and O–H groups in total. The molecular formula is C18H24N2O6. The Balaban J connectivity index is 2.88. The molecule has 0 aliphatic heterocycles. The number of esters is 1. The third-order valence-electron chi connectivity index (χ3n) is 3.06. The Kier molecular flexibility index (Phi) is 7.30. The number of anilines is 1. The smallest absolute Gasteiger partial charge is 0.413 e. The van der Waals surface area contributed by atoms with Gasteiger partial charge >= 0.3 is 18.0 Å². The van der Waals surface area contributed by atoms with Gasteiger partial charge in [0.25, 0.3) is 0 Å². The van der Waals surface area contributed by atoms with Crippen molar-refractivity contribution in [2.45, 2.75) is 52.7 Å². The van der Waals surface area contributed by atoms with Gasteiger partial charge in [-0.3, -0.25) is 5.32 Å². The highest BCUT2D eigenvalue weighted by Crippen LogP contribution is 2.14. The quantitative estimate of drug-likeness (QED) is 0.344. The summed E-state index contributed by atoms with van der Waals surface area (Å²) in [4.78, 5) is 38.9. The Morgan fingerprint density at radius 3 is 2.42 bits per heavy atom. The van der Waals surface area contributed by atoms with Gasteiger partial charge in [0.15, 0.2) is 0 Å². The monoisotopic (exact) mass is 364 g/mol. The first-order valence-electron chi connectivity index (χ1n) is 8.14. The van der Waals surface area contributed by atoms with Crippen molar-refractivity contribution in [2.75, 3.05) is 5.32 Å². The minimum absolute atomic E-state index is 0.232. The molecule has 1 rings (SSSR count). The number of ether oxygens (including phenoxy) is 2. The number of carbonyl (C=O) groups is 3. The largest absolute Gasteiger partial charge is 0.477 e. The van der Waals surface area contributed by atoms with Crippen molar-refractivity contribution in [3.8, 4) is 0 Å². The molecule has 1 aromatic heterocycles. The Morgan fingerprint density at radius 1 is 1.31 bits per heavy atom. The molecule has 142 valence electrons. The number of carbonyl (C=O) groups excluding carboxylic acids is 2. The number of pyridine rings is 1. The van der Waals surface area contributed by atoms with Crippen LogP contribution >= 0.6 is 0 Å². The van der Waals surface area contributed by atoms with Crippen molar-refractivity contribution in [1.82, 2.24) is 4.98 Å². The molecule has 0 aliphatic carbocycles. The fourth-order valence-corrected chi connectivity index (χ4v) is 1.68. The van der Waals surface area contributed by atoms with Crippen LogP contribution in [-0.2, 0) is 19.1 Å². The van der Waals surface area contributed by atoms with Gasteiger partial charge in [0.1, 0.15) is 17.0 Å². The van der Waals surface area contributed by atoms with Crippen LogP contribution in [0.25, 0.3) is 6.08 Å². The first-order chi connectivity index (χ1) is 12.0. The average molecular weight is 364 g/mol. The van der Waals surface area contributed by atoms with E-state index in [1.807, 2.05) is 6.92 Å². The van der Waals surface area contributed by atoms with E-state index >= 15 is 0 Å². The van der Waals surface area contributed by atoms with Crippen molar-refractivity contribution in [3.63, 3.8) is 0 Å². The van der Waals surface area contributed by atoms with Gasteiger partial charge in [-0.1, -0.05) is 6.92 Å². The molecule has 8 nitrogen and oxygen atoms in total. The molecular weight excluding hydrogens is 340 g/mol. The maximum atomic E-state index is 11.9. The standard InChI is InChI=1S/C18H24N2O6/c1-6-11(2)25-16(23)13(15(21)22)9-12-7-8-14(19-10-12)20-17(24)26-18(3,4)5/h7-11H,6H2,1-5H3,(H,21,22)(H,19,20,24). The first-order valence-corrected chi connectivity index (χ1v) is 8.14. The van der Waals surface area contributed by atoms with Crippen LogP contribution in [0.4, 0.5) is 10.6 Å². The van der Waals surface area contributed by atoms with Gasteiger partial charge < -0.3 is 14.6 Å². The van der Waals surface area contributed by atoms with E-state index in [0.29, 0.717) is 12.0 Å². The molecule has 1 aromatic rings. The van der Waals surface area contributed by atoms with Gasteiger partial charge in [0, 0.05) is 6.20 Å². The van der Waals surface area contributed by atoms with Crippen LogP contribution in [-0.4, -0.2) is 39.8 Å². The summed E-state index contributed by atoms with van der Waals surface area (Å²) in [6.45, 7) is 8.71. The first kappa shape index (κ1) is 21.1. The predicted octanol–water partition coefficient (Wildman–Crippen LogP) is 3.24. The summed E-state index contributed by atoms with van der Waals surface area (Å²) in [5, 5.41) is 11.7. The van der Waals surface area contributed by atoms with E-state index in [9.17, 15) is 19.5 Å². The molecule has 0 spiro atoms. The van der Waals surface area contributed by atoms with Crippen LogP contribution in [0.1, 0.15) is 46.6 Å². The summed E-state index contributed by atoms with van der Waals surface area (Å²) in [5.41, 5.74) is -0.766. The van der Waals surface area contributed by atoms with Crippen molar-refractivity contribution in [3.05, 3.63) is 29.5 Å². The Morgan fingerprint density at radius 2 is 1.96 bits per heavy atom. The summed E-state index contributed by atoms with van der Waals surface area (Å²) >= 11 is 0. The minimum atomic E-state index is -1.39. The third-order valence-corrected chi connectivity index (χ3v) is 3.06. The number of aromatic nitrogens is 1. The molecule has 0 aromatic carbocycles. The second-order valence-electron chi connectivity index (χ2n) is 6.59. The molecule has 1 heterocycles. The minimum Gasteiger partial charge on any atom is -0.477 e. The summed E-state index contributed by atoms with van der Waals surface area (Å²) in [5.74, 6) is -2.08. The van der Waals surface area contributed by atoms with E-state index in [4.69, 9.17) is 9.47 Å². The van der Waals surface area contributed by atoms with Gasteiger partial charge in [0.2, 0.25) is 0 Å². The number of nitrogens with one attached hydrogen (secondary N) is 1. The van der Waals surface area contributed by atoms with E-state index in [0.717, 1.165) is 6.08 Å². The number of amides is 1. The van der Waals surface area contributed by atoms with Crippen LogP contribution in [0, 0.1) is 0 Å². The molecule has 26 heavy (non-hydrogen) atoms. The van der Waals surface area contributed by atoms with E-state index in [1.54, 1.807) is 27.7 Å². The Labute approximate surface area is 152 Å². The summed E-state index contributed by atoms with van der Waals surface area (Å²) in [6.07, 6.45) is 2.02. The SMILES string of the molecule is CCC(C)OC(=O)C(=Cc1ccc(NC(=O)OC(C)(C)C)nc1)C(=O)O. The zero-order valence-corrected chi connectivity index (χ0v) is 15.5. The Hall–Kier alpha value is -2.90. The van der Waals surface area contributed by atoms with Gasteiger partial charge in [-0.15, -0.1) is 0 Å². The van der Waals surface area contributed by atoms with Crippen LogP contribution in [0.3, 0.4) is 0 Å². The second-order valence-corrected chi connectivity index (χ2v) is 6.59. The van der Waals surface area contributed by atoms with Crippen molar-refractivity contribution in [2.24, 2.45) is 0 Å². The van der Waals surface area contributed by atoms with Crippen LogP contribution in [0.5, 0.6) is 0 Å². The number of rotatable bonds is 6. The van der Waals surface area contributed by atoms with Gasteiger partial charge in [-0.25, -0.2) is 19.4 Å². The van der Waals surface area contributed by atoms with Crippen molar-refractivity contribution in [1.29, 1.82) is 0 Å². The highest BCUT2D eigenvalue weighted by Gasteiger charge is 2.21. The lowest BCUT2D eigenvalue weighted by atomic mass is 10.1. The molecule has 1 atom stereocenters. The number of carboxylic acid groups (broad SMARTS) is 1. The number of carboxylic acids is 1. The predicted molar refractivity (Wildman–Crippen MR) is 95.6 cm³/mol. The maximum Gasteiger partial charge on any atom is 0.413 e. The van der Waals surface area contributed by atoms with Gasteiger partial charge in [-0.05, 0) is 57.9 Å². The van der Waals surface area contributed by atoms with Crippen molar-refractivity contribution < 1.29 is 29.0 Å². The lowest BCUT2D eigenvalue weighted by Gasteiger charge is -2.19. The van der Waals surface area contributed by atoms with Crippen LogP contribution < -0.4 is 5.32 Å². The van der Waals surface area contributed by atoms with Crippen molar-refractivity contribution >= 4 is 29.9 Å². The maximum absolute atomic E-state index is 11.9. The number of hydrogen-bond donors (Lipinski definition) is 2. The lowest BCUT2D eigenvalue weighted by Crippen LogP contribution is -2.27. The zero-order chi connectivity index (χ0) is 19.9. The molecule has 0 aliphatic rings. The van der Waals surface area contributed by atoms with Crippen LogP contribution in [0.2, 0.25) is 0 Å². The molecule has 0 saturated carbocycles. The lowest BCUT2D eigenvalue weighted by molar-refractivity contribution is -0.147. The number of hydrogen-bond acceptors (Lipinski definition) is 6. The average Bonchev–Trinajstić information content (AvgIpc) is 2.51. The van der Waals surface area contributed by atoms with E-state index in [-0.39, 0.29) is 11.9 Å². The van der Waals surface area contributed by atoms with Gasteiger partial charge in [0.05, 0.1) is 6.10 Å². The summed E-state index contributed by atoms with van der Waals surface area (Å²) in [6, 6.07) is 2.98. The van der Waals surface area contributed by atoms with E-state index < -0.39 is 29.2 Å². The van der Waals surface area contributed by atoms with E-state index in [1.165, 1.54) is 18.3 Å².